The molecule has 25 heavy (non-hydrogen) atoms. The van der Waals surface area contributed by atoms with E-state index in [4.69, 9.17) is 18.9 Å². The maximum absolute atomic E-state index is 11.7. The molecule has 0 bridgehead atoms. The lowest BCUT2D eigenvalue weighted by atomic mass is 10.2. The zero-order valence-corrected chi connectivity index (χ0v) is 18.2. The number of rotatable bonds is 17. The van der Waals surface area contributed by atoms with Crippen LogP contribution in [0, 0.1) is 5.92 Å². The van der Waals surface area contributed by atoms with E-state index in [-0.39, 0.29) is 11.8 Å². The average molecular weight is 474 g/mol. The number of hydrogen-bond acceptors (Lipinski definition) is 6. The Hall–Kier alpha value is -0.000000000000000222. The second kappa shape index (κ2) is 17.4. The van der Waals surface area contributed by atoms with Gasteiger partial charge in [0, 0.05) is 26.1 Å². The largest absolute Gasteiger partial charge is 0.378 e. The smallest absolute Gasteiger partial charge is 0.224 e. The lowest BCUT2D eigenvalue weighted by Crippen LogP contribution is -2.33. The fourth-order valence-electron chi connectivity index (χ4n) is 1.84. The third kappa shape index (κ3) is 17.2. The molecular weight excluding hydrogens is 439 g/mol. The summed E-state index contributed by atoms with van der Waals surface area (Å²) in [6.45, 7) is 11.9. The van der Waals surface area contributed by atoms with Crippen molar-refractivity contribution in [2.45, 2.75) is 24.8 Å². The molecule has 0 radical (unpaired) electrons. The molecule has 0 fully saturated rings. The van der Waals surface area contributed by atoms with Gasteiger partial charge in [0.15, 0.2) is 0 Å². The van der Waals surface area contributed by atoms with Gasteiger partial charge in [0.25, 0.3) is 0 Å². The molecule has 1 unspecified atom stereocenters. The van der Waals surface area contributed by atoms with E-state index in [0.717, 1.165) is 6.54 Å². The van der Waals surface area contributed by atoms with Crippen LogP contribution in [0.4, 0.5) is 0 Å². The highest BCUT2D eigenvalue weighted by Gasteiger charge is 2.11. The minimum absolute atomic E-state index is 0.0233. The van der Waals surface area contributed by atoms with Crippen LogP contribution in [0.1, 0.15) is 20.8 Å². The van der Waals surface area contributed by atoms with E-state index in [1.165, 1.54) is 0 Å². The van der Waals surface area contributed by atoms with Crippen molar-refractivity contribution in [1.82, 2.24) is 10.2 Å². The van der Waals surface area contributed by atoms with Crippen LogP contribution in [0.15, 0.2) is 0 Å². The fourth-order valence-corrected chi connectivity index (χ4v) is 2.16. The Labute approximate surface area is 166 Å². The van der Waals surface area contributed by atoms with Crippen molar-refractivity contribution in [1.29, 1.82) is 0 Å². The van der Waals surface area contributed by atoms with Gasteiger partial charge in [0.05, 0.1) is 56.9 Å². The number of alkyl halides is 1. The molecule has 0 aliphatic heterocycles. The van der Waals surface area contributed by atoms with Crippen molar-refractivity contribution >= 4 is 28.5 Å². The first-order valence-electron chi connectivity index (χ1n) is 8.88. The van der Waals surface area contributed by atoms with Crippen molar-refractivity contribution in [3.63, 3.8) is 0 Å². The summed E-state index contributed by atoms with van der Waals surface area (Å²) in [6.07, 6.45) is 0. The van der Waals surface area contributed by atoms with Crippen LogP contribution in [0.5, 0.6) is 0 Å². The molecule has 0 aromatic heterocycles. The first kappa shape index (κ1) is 25.0. The SMILES string of the molecule is CC(I)NCCOCCOCCOCCOCCN(C)C(=O)C(C)C. The standard InChI is InChI=1S/C17H35IN2O5/c1-15(2)17(21)20(4)6-8-23-10-12-25-14-13-24-11-9-22-7-5-19-16(3)18/h15-16,19H,5-14H2,1-4H3. The fraction of sp³-hybridized carbons (Fsp3) is 0.941. The summed E-state index contributed by atoms with van der Waals surface area (Å²) < 4.78 is 22.2. The summed E-state index contributed by atoms with van der Waals surface area (Å²) >= 11 is 2.32. The van der Waals surface area contributed by atoms with Crippen LogP contribution in [-0.4, -0.2) is 87.8 Å². The minimum Gasteiger partial charge on any atom is -0.378 e. The van der Waals surface area contributed by atoms with E-state index in [1.54, 1.807) is 11.9 Å². The van der Waals surface area contributed by atoms with Gasteiger partial charge in [-0.2, -0.15) is 0 Å². The average Bonchev–Trinajstić information content (AvgIpc) is 2.56. The predicted octanol–water partition coefficient (Wildman–Crippen LogP) is 1.54. The lowest BCUT2D eigenvalue weighted by molar-refractivity contribution is -0.133. The van der Waals surface area contributed by atoms with Crippen molar-refractivity contribution in [3.05, 3.63) is 0 Å². The summed E-state index contributed by atoms with van der Waals surface area (Å²) in [5.74, 6) is 0.159. The number of carbonyl (C=O) groups excluding carboxylic acids is 1. The highest BCUT2D eigenvalue weighted by atomic mass is 127. The molecule has 0 spiro atoms. The van der Waals surface area contributed by atoms with E-state index in [2.05, 4.69) is 34.8 Å². The molecule has 150 valence electrons. The number of nitrogens with one attached hydrogen (secondary N) is 1. The van der Waals surface area contributed by atoms with Gasteiger partial charge in [0.2, 0.25) is 5.91 Å². The summed E-state index contributed by atoms with van der Waals surface area (Å²) in [4.78, 5) is 13.3. The van der Waals surface area contributed by atoms with Crippen LogP contribution in [-0.2, 0) is 23.7 Å². The quantitative estimate of drug-likeness (QED) is 0.149. The van der Waals surface area contributed by atoms with E-state index >= 15 is 0 Å². The van der Waals surface area contributed by atoms with E-state index in [0.29, 0.717) is 63.4 Å². The molecule has 8 heteroatoms. The zero-order chi connectivity index (χ0) is 18.9. The molecule has 0 saturated carbocycles. The first-order valence-corrected chi connectivity index (χ1v) is 10.1. The molecule has 0 aromatic rings. The van der Waals surface area contributed by atoms with Gasteiger partial charge in [-0.05, 0) is 6.92 Å². The number of hydrogen-bond donors (Lipinski definition) is 1. The van der Waals surface area contributed by atoms with E-state index < -0.39 is 0 Å². The molecule has 1 amide bonds. The summed E-state index contributed by atoms with van der Waals surface area (Å²) in [7, 11) is 1.80. The Bertz CT molecular complexity index is 319. The van der Waals surface area contributed by atoms with Gasteiger partial charge in [0.1, 0.15) is 0 Å². The Morgan fingerprint density at radius 2 is 1.32 bits per heavy atom. The van der Waals surface area contributed by atoms with E-state index in [9.17, 15) is 4.79 Å². The molecule has 0 saturated heterocycles. The Kier molecular flexibility index (Phi) is 17.4. The van der Waals surface area contributed by atoms with Gasteiger partial charge in [-0.3, -0.25) is 4.79 Å². The van der Waals surface area contributed by atoms with Crippen LogP contribution in [0.3, 0.4) is 0 Å². The normalized spacial score (nSPS) is 12.6. The highest BCUT2D eigenvalue weighted by Crippen LogP contribution is 1.98. The van der Waals surface area contributed by atoms with Crippen molar-refractivity contribution in [2.75, 3.05) is 73.0 Å². The summed E-state index contributed by atoms with van der Waals surface area (Å²) in [6, 6.07) is 0. The number of nitrogens with zero attached hydrogens (tertiary/aromatic N) is 1. The molecule has 0 heterocycles. The Morgan fingerprint density at radius 3 is 1.76 bits per heavy atom. The predicted molar refractivity (Wildman–Crippen MR) is 107 cm³/mol. The highest BCUT2D eigenvalue weighted by molar-refractivity contribution is 14.1. The maximum Gasteiger partial charge on any atom is 0.224 e. The van der Waals surface area contributed by atoms with Crippen molar-refractivity contribution < 1.29 is 23.7 Å². The van der Waals surface area contributed by atoms with Gasteiger partial charge in [-0.15, -0.1) is 0 Å². The van der Waals surface area contributed by atoms with Crippen LogP contribution >= 0.6 is 22.6 Å². The molecule has 0 aliphatic rings. The Balaban J connectivity index is 3.18. The van der Waals surface area contributed by atoms with Crippen molar-refractivity contribution in [3.8, 4) is 0 Å². The van der Waals surface area contributed by atoms with Crippen LogP contribution < -0.4 is 5.32 Å². The number of likely N-dealkylation sites (N-methyl/N-ethyl adjacent to an activating group) is 1. The topological polar surface area (TPSA) is 69.3 Å². The molecular formula is C17H35IN2O5. The van der Waals surface area contributed by atoms with Crippen LogP contribution in [0.25, 0.3) is 0 Å². The van der Waals surface area contributed by atoms with Gasteiger partial charge >= 0.3 is 0 Å². The lowest BCUT2D eigenvalue weighted by Gasteiger charge is -2.19. The number of halogens is 1. The maximum atomic E-state index is 11.7. The molecule has 0 rings (SSSR count). The van der Waals surface area contributed by atoms with Gasteiger partial charge < -0.3 is 29.2 Å². The molecule has 0 aliphatic carbocycles. The van der Waals surface area contributed by atoms with E-state index in [1.807, 2.05) is 13.8 Å². The minimum atomic E-state index is 0.0233. The zero-order valence-electron chi connectivity index (χ0n) is 16.1. The molecule has 1 N–H and O–H groups in total. The second-order valence-electron chi connectivity index (χ2n) is 5.93. The van der Waals surface area contributed by atoms with Crippen molar-refractivity contribution in [2.24, 2.45) is 5.92 Å². The number of ether oxygens (including phenoxy) is 4. The number of carbonyl (C=O) groups is 1. The molecule has 7 nitrogen and oxygen atoms in total. The summed E-state index contributed by atoms with van der Waals surface area (Å²) in [5.41, 5.74) is 0. The summed E-state index contributed by atoms with van der Waals surface area (Å²) in [5, 5.41) is 3.27. The van der Waals surface area contributed by atoms with Crippen LogP contribution in [0.2, 0.25) is 0 Å². The Morgan fingerprint density at radius 1 is 0.880 bits per heavy atom. The third-order valence-corrected chi connectivity index (χ3v) is 3.67. The number of amides is 1. The van der Waals surface area contributed by atoms with Gasteiger partial charge in [-0.1, -0.05) is 36.4 Å². The first-order chi connectivity index (χ1) is 11.9. The monoisotopic (exact) mass is 474 g/mol. The molecule has 1 atom stereocenters. The van der Waals surface area contributed by atoms with Gasteiger partial charge in [-0.25, -0.2) is 0 Å². The second-order valence-corrected chi connectivity index (χ2v) is 7.80. The third-order valence-electron chi connectivity index (χ3n) is 3.23. The molecule has 0 aromatic carbocycles.